The molecule has 2 atom stereocenters. The van der Waals surface area contributed by atoms with E-state index in [4.69, 9.17) is 0 Å². The van der Waals surface area contributed by atoms with Crippen LogP contribution in [0.4, 0.5) is 0 Å². The molecule has 0 nitrogen and oxygen atoms in total. The number of allylic oxidation sites excluding steroid dienone is 2. The first-order valence-corrected chi connectivity index (χ1v) is 6.08. The predicted octanol–water partition coefficient (Wildman–Crippen LogP) is 4.66. The lowest BCUT2D eigenvalue weighted by Gasteiger charge is -2.27. The van der Waals surface area contributed by atoms with Gasteiger partial charge in [0.05, 0.1) is 0 Å². The van der Waals surface area contributed by atoms with Crippen molar-refractivity contribution in [2.45, 2.75) is 54.4 Å². The van der Waals surface area contributed by atoms with Gasteiger partial charge in [-0.15, -0.1) is 0 Å². The molecule has 0 saturated heterocycles. The van der Waals surface area contributed by atoms with Gasteiger partial charge in [-0.25, -0.2) is 0 Å². The van der Waals surface area contributed by atoms with Crippen molar-refractivity contribution in [1.29, 1.82) is 0 Å². The summed E-state index contributed by atoms with van der Waals surface area (Å²) in [4.78, 5) is 0. The normalized spacial score (nSPS) is 28.4. The molecule has 14 heavy (non-hydrogen) atoms. The van der Waals surface area contributed by atoms with Crippen LogP contribution in [0.2, 0.25) is 0 Å². The van der Waals surface area contributed by atoms with Crippen molar-refractivity contribution in [3.05, 3.63) is 11.6 Å². The second-order valence-corrected chi connectivity index (χ2v) is 5.77. The van der Waals surface area contributed by atoms with Crippen LogP contribution in [0.3, 0.4) is 0 Å². The fourth-order valence-electron chi connectivity index (χ4n) is 2.64. The molecule has 0 aromatic heterocycles. The van der Waals surface area contributed by atoms with Gasteiger partial charge in [-0.3, -0.25) is 0 Å². The first-order valence-electron chi connectivity index (χ1n) is 6.08. The largest absolute Gasteiger partial charge is 0.0853 e. The van der Waals surface area contributed by atoms with E-state index in [1.165, 1.54) is 12.8 Å². The maximum absolute atomic E-state index is 2.42. The van der Waals surface area contributed by atoms with Crippen LogP contribution in [0.1, 0.15) is 54.4 Å². The monoisotopic (exact) mass is 194 g/mol. The molecule has 0 heteroatoms. The molecule has 1 rings (SSSR count). The summed E-state index contributed by atoms with van der Waals surface area (Å²) < 4.78 is 0. The molecular weight excluding hydrogens is 168 g/mol. The van der Waals surface area contributed by atoms with Gasteiger partial charge in [-0.05, 0) is 42.9 Å². The topological polar surface area (TPSA) is 0 Å². The molecule has 0 N–H and O–H groups in total. The second-order valence-electron chi connectivity index (χ2n) is 5.77. The van der Waals surface area contributed by atoms with Crippen molar-refractivity contribution in [3.8, 4) is 0 Å². The van der Waals surface area contributed by atoms with E-state index in [0.717, 1.165) is 17.8 Å². The summed E-state index contributed by atoms with van der Waals surface area (Å²) in [6, 6.07) is 0. The highest BCUT2D eigenvalue weighted by Crippen LogP contribution is 2.56. The smallest absolute Gasteiger partial charge is 0.0116 e. The summed E-state index contributed by atoms with van der Waals surface area (Å²) in [5.74, 6) is 2.78. The van der Waals surface area contributed by atoms with Crippen molar-refractivity contribution in [2.24, 2.45) is 23.2 Å². The first-order chi connectivity index (χ1) is 6.41. The van der Waals surface area contributed by atoms with Gasteiger partial charge in [0.15, 0.2) is 0 Å². The van der Waals surface area contributed by atoms with Gasteiger partial charge in [0.25, 0.3) is 0 Å². The average molecular weight is 194 g/mol. The number of hydrogen-bond donors (Lipinski definition) is 0. The molecule has 0 aromatic rings. The van der Waals surface area contributed by atoms with Crippen molar-refractivity contribution in [1.82, 2.24) is 0 Å². The Hall–Kier alpha value is -0.260. The minimum absolute atomic E-state index is 0.435. The van der Waals surface area contributed by atoms with E-state index in [-0.39, 0.29) is 0 Å². The van der Waals surface area contributed by atoms with Crippen molar-refractivity contribution >= 4 is 0 Å². The Labute approximate surface area is 89.8 Å². The Kier molecular flexibility index (Phi) is 3.44. The minimum atomic E-state index is 0.435. The van der Waals surface area contributed by atoms with Crippen molar-refractivity contribution < 1.29 is 0 Å². The second kappa shape index (κ2) is 4.08. The first kappa shape index (κ1) is 11.8. The van der Waals surface area contributed by atoms with Gasteiger partial charge in [0, 0.05) is 0 Å². The van der Waals surface area contributed by atoms with E-state index in [1.54, 1.807) is 5.57 Å². The van der Waals surface area contributed by atoms with Crippen molar-refractivity contribution in [2.75, 3.05) is 0 Å². The van der Waals surface area contributed by atoms with Gasteiger partial charge < -0.3 is 0 Å². The Morgan fingerprint density at radius 2 is 2.00 bits per heavy atom. The molecule has 0 heterocycles. The third-order valence-electron chi connectivity index (χ3n) is 4.15. The van der Waals surface area contributed by atoms with E-state index in [0.29, 0.717) is 5.41 Å². The zero-order chi connectivity index (χ0) is 10.9. The highest BCUT2D eigenvalue weighted by molar-refractivity contribution is 5.16. The molecule has 0 radical (unpaired) electrons. The third-order valence-corrected chi connectivity index (χ3v) is 4.15. The van der Waals surface area contributed by atoms with Crippen LogP contribution in [0.15, 0.2) is 11.6 Å². The Bertz CT molecular complexity index is 220. The van der Waals surface area contributed by atoms with E-state index in [1.807, 2.05) is 0 Å². The standard InChI is InChI=1S/C14H26/c1-7-8-11(4)14(5,6)13-9-12(13)10(2)3/h8,10,12-13H,7,9H2,1-6H3. The molecule has 2 unspecified atom stereocenters. The summed E-state index contributed by atoms with van der Waals surface area (Å²) >= 11 is 0. The maximum atomic E-state index is 2.42. The Balaban J connectivity index is 2.64. The van der Waals surface area contributed by atoms with Crippen LogP contribution in [0.5, 0.6) is 0 Å². The zero-order valence-electron chi connectivity index (χ0n) is 10.7. The summed E-state index contributed by atoms with van der Waals surface area (Å²) in [5, 5.41) is 0. The summed E-state index contributed by atoms with van der Waals surface area (Å²) in [6.07, 6.45) is 5.02. The van der Waals surface area contributed by atoms with E-state index < -0.39 is 0 Å². The molecule has 0 spiro atoms. The fraction of sp³-hybridized carbons (Fsp3) is 0.857. The lowest BCUT2D eigenvalue weighted by atomic mass is 9.78. The van der Waals surface area contributed by atoms with E-state index in [2.05, 4.69) is 47.6 Å². The lowest BCUT2D eigenvalue weighted by molar-refractivity contribution is 0.333. The van der Waals surface area contributed by atoms with Gasteiger partial charge in [0.1, 0.15) is 0 Å². The van der Waals surface area contributed by atoms with Crippen LogP contribution < -0.4 is 0 Å². The fourth-order valence-corrected chi connectivity index (χ4v) is 2.64. The quantitative estimate of drug-likeness (QED) is 0.571. The molecule has 1 aliphatic carbocycles. The van der Waals surface area contributed by atoms with Gasteiger partial charge in [-0.1, -0.05) is 46.3 Å². The van der Waals surface area contributed by atoms with Crippen molar-refractivity contribution in [3.63, 3.8) is 0 Å². The highest BCUT2D eigenvalue weighted by Gasteiger charge is 2.48. The van der Waals surface area contributed by atoms with Gasteiger partial charge in [-0.2, -0.15) is 0 Å². The average Bonchev–Trinajstić information content (AvgIpc) is 2.83. The SMILES string of the molecule is CCC=C(C)C(C)(C)C1CC1C(C)C. The Morgan fingerprint density at radius 3 is 2.36 bits per heavy atom. The zero-order valence-corrected chi connectivity index (χ0v) is 10.7. The highest BCUT2D eigenvalue weighted by atomic mass is 14.5. The Morgan fingerprint density at radius 1 is 1.43 bits per heavy atom. The lowest BCUT2D eigenvalue weighted by Crippen LogP contribution is -2.18. The molecule has 1 fully saturated rings. The summed E-state index contributed by atoms with van der Waals surface area (Å²) in [6.45, 7) is 14.1. The number of rotatable bonds is 4. The van der Waals surface area contributed by atoms with Crippen LogP contribution in [-0.2, 0) is 0 Å². The molecule has 82 valence electrons. The van der Waals surface area contributed by atoms with Crippen LogP contribution in [0, 0.1) is 23.2 Å². The summed E-state index contributed by atoms with van der Waals surface area (Å²) in [7, 11) is 0. The maximum Gasteiger partial charge on any atom is -0.0116 e. The molecule has 0 aromatic carbocycles. The van der Waals surface area contributed by atoms with Gasteiger partial charge in [0.2, 0.25) is 0 Å². The molecular formula is C14H26. The van der Waals surface area contributed by atoms with Crippen LogP contribution in [-0.4, -0.2) is 0 Å². The molecule has 1 saturated carbocycles. The molecule has 1 aliphatic rings. The van der Waals surface area contributed by atoms with E-state index in [9.17, 15) is 0 Å². The summed E-state index contributed by atoms with van der Waals surface area (Å²) in [5.41, 5.74) is 2.03. The van der Waals surface area contributed by atoms with E-state index >= 15 is 0 Å². The minimum Gasteiger partial charge on any atom is -0.0853 e. The third kappa shape index (κ3) is 2.21. The van der Waals surface area contributed by atoms with Crippen LogP contribution >= 0.6 is 0 Å². The molecule has 0 bridgehead atoms. The molecule has 0 amide bonds. The van der Waals surface area contributed by atoms with Crippen LogP contribution in [0.25, 0.3) is 0 Å². The van der Waals surface area contributed by atoms with Gasteiger partial charge >= 0.3 is 0 Å². The predicted molar refractivity (Wildman–Crippen MR) is 64.3 cm³/mol. The molecule has 0 aliphatic heterocycles. The number of hydrogen-bond acceptors (Lipinski definition) is 0.